The number of hydrogen-bond donors (Lipinski definition) is 2. The quantitative estimate of drug-likeness (QED) is 0.571. The van der Waals surface area contributed by atoms with Crippen molar-refractivity contribution < 1.29 is 9.32 Å². The molecule has 1 aliphatic rings. The second-order valence-electron chi connectivity index (χ2n) is 7.14. The maximum atomic E-state index is 12.8. The van der Waals surface area contributed by atoms with Crippen LogP contribution in [0.15, 0.2) is 51.3 Å². The molecule has 0 aliphatic carbocycles. The zero-order chi connectivity index (χ0) is 18.4. The number of aromatic amines is 1. The molecule has 1 aliphatic heterocycles. The Morgan fingerprint density at radius 3 is 3.11 bits per heavy atom. The van der Waals surface area contributed by atoms with E-state index in [4.69, 9.17) is 9.40 Å². The number of fused-ring (bicyclic) bond motifs is 1. The predicted molar refractivity (Wildman–Crippen MR) is 105 cm³/mol. The molecule has 0 aromatic carbocycles. The van der Waals surface area contributed by atoms with E-state index in [9.17, 15) is 4.79 Å². The van der Waals surface area contributed by atoms with Gasteiger partial charge in [-0.05, 0) is 24.3 Å². The zero-order valence-electron chi connectivity index (χ0n) is 15.1. The van der Waals surface area contributed by atoms with Crippen LogP contribution in [-0.2, 0) is 13.6 Å². The van der Waals surface area contributed by atoms with E-state index in [1.54, 1.807) is 6.26 Å². The van der Waals surface area contributed by atoms with Crippen LogP contribution in [0.5, 0.6) is 0 Å². The molecule has 0 saturated carbocycles. The minimum Gasteiger partial charge on any atom is -0.464 e. The van der Waals surface area contributed by atoms with Gasteiger partial charge in [0.05, 0.1) is 23.9 Å². The molecule has 0 amide bonds. The molecule has 2 N–H and O–H groups in total. The van der Waals surface area contributed by atoms with E-state index < -0.39 is 0 Å². The van der Waals surface area contributed by atoms with Gasteiger partial charge in [-0.25, -0.2) is 4.98 Å². The van der Waals surface area contributed by atoms with E-state index in [0.29, 0.717) is 17.2 Å². The van der Waals surface area contributed by atoms with Gasteiger partial charge in [-0.3, -0.25) is 4.79 Å². The van der Waals surface area contributed by atoms with Crippen LogP contribution >= 0.6 is 11.3 Å². The Labute approximate surface area is 160 Å². The number of nitrogens with one attached hydrogen (secondary N) is 2. The molecule has 4 aromatic rings. The van der Waals surface area contributed by atoms with Gasteiger partial charge in [-0.2, -0.15) is 0 Å². The first-order valence-corrected chi connectivity index (χ1v) is 10.1. The van der Waals surface area contributed by atoms with Crippen LogP contribution < -0.4 is 10.5 Å². The number of hydrogen-bond acceptors (Lipinski definition) is 4. The summed E-state index contributed by atoms with van der Waals surface area (Å²) in [7, 11) is 2.10. The Morgan fingerprint density at radius 2 is 2.33 bits per heavy atom. The predicted octanol–water partition coefficient (Wildman–Crippen LogP) is 2.50. The Morgan fingerprint density at radius 1 is 1.41 bits per heavy atom. The summed E-state index contributed by atoms with van der Waals surface area (Å²) >= 11 is 1.49. The lowest BCUT2D eigenvalue weighted by Gasteiger charge is -2.21. The normalized spacial score (nSPS) is 19.9. The minimum absolute atomic E-state index is 0.0864. The number of rotatable bonds is 4. The molecule has 27 heavy (non-hydrogen) atoms. The highest BCUT2D eigenvalue weighted by Gasteiger charge is 2.32. The SMILES string of the molecule is Cn1cccc1[C@@H]1CCC[NH+]1Cc1nc2scc(-c3ccco3)c2c(=O)[nH]1. The summed E-state index contributed by atoms with van der Waals surface area (Å²) in [5, 5.41) is 2.57. The summed E-state index contributed by atoms with van der Waals surface area (Å²) in [6.07, 6.45) is 6.08. The third-order valence-electron chi connectivity index (χ3n) is 5.50. The molecule has 0 bridgehead atoms. The summed E-state index contributed by atoms with van der Waals surface area (Å²) in [5.41, 5.74) is 2.08. The number of thiophene rings is 1. The molecule has 2 atom stereocenters. The molecule has 1 saturated heterocycles. The maximum absolute atomic E-state index is 12.8. The van der Waals surface area contributed by atoms with Crippen LogP contribution in [0.1, 0.15) is 30.4 Å². The van der Waals surface area contributed by atoms with Gasteiger partial charge in [0.1, 0.15) is 23.2 Å². The largest absolute Gasteiger partial charge is 0.464 e. The Balaban J connectivity index is 1.48. The van der Waals surface area contributed by atoms with E-state index in [-0.39, 0.29) is 5.56 Å². The molecule has 0 spiro atoms. The van der Waals surface area contributed by atoms with Crippen LogP contribution in [0.4, 0.5) is 0 Å². The van der Waals surface area contributed by atoms with Crippen LogP contribution in [0.2, 0.25) is 0 Å². The third-order valence-corrected chi connectivity index (χ3v) is 6.37. The monoisotopic (exact) mass is 381 g/mol. The van der Waals surface area contributed by atoms with Crippen molar-refractivity contribution in [3.8, 4) is 11.3 Å². The summed E-state index contributed by atoms with van der Waals surface area (Å²) in [6, 6.07) is 8.44. The van der Waals surface area contributed by atoms with Crippen molar-refractivity contribution in [3.05, 3.63) is 64.0 Å². The zero-order valence-corrected chi connectivity index (χ0v) is 15.9. The van der Waals surface area contributed by atoms with Gasteiger partial charge >= 0.3 is 0 Å². The number of quaternary nitrogens is 1. The van der Waals surface area contributed by atoms with Gasteiger partial charge < -0.3 is 18.9 Å². The average molecular weight is 381 g/mol. The minimum atomic E-state index is -0.0864. The molecule has 5 rings (SSSR count). The Bertz CT molecular complexity index is 1140. The van der Waals surface area contributed by atoms with Crippen molar-refractivity contribution >= 4 is 21.6 Å². The maximum Gasteiger partial charge on any atom is 0.260 e. The molecule has 0 radical (unpaired) electrons. The molecular formula is C20H21N4O2S+. The molecule has 138 valence electrons. The summed E-state index contributed by atoms with van der Waals surface area (Å²) in [5.74, 6) is 1.46. The molecule has 1 unspecified atom stereocenters. The van der Waals surface area contributed by atoms with Crippen LogP contribution in [-0.4, -0.2) is 21.1 Å². The smallest absolute Gasteiger partial charge is 0.260 e. The van der Waals surface area contributed by atoms with Crippen molar-refractivity contribution in [3.63, 3.8) is 0 Å². The van der Waals surface area contributed by atoms with Crippen molar-refractivity contribution in [1.82, 2.24) is 14.5 Å². The highest BCUT2D eigenvalue weighted by molar-refractivity contribution is 7.17. The van der Waals surface area contributed by atoms with Crippen molar-refractivity contribution in [2.45, 2.75) is 25.4 Å². The molecule has 7 heteroatoms. The first-order chi connectivity index (χ1) is 13.2. The van der Waals surface area contributed by atoms with Gasteiger partial charge in [-0.15, -0.1) is 11.3 Å². The first kappa shape index (κ1) is 16.5. The van der Waals surface area contributed by atoms with Crippen LogP contribution in [0.3, 0.4) is 0 Å². The lowest BCUT2D eigenvalue weighted by atomic mass is 10.1. The number of H-pyrrole nitrogens is 1. The Kier molecular flexibility index (Phi) is 3.98. The van der Waals surface area contributed by atoms with Gasteiger partial charge in [0.25, 0.3) is 5.56 Å². The van der Waals surface area contributed by atoms with E-state index in [1.807, 2.05) is 17.5 Å². The van der Waals surface area contributed by atoms with Gasteiger partial charge in [-0.1, -0.05) is 0 Å². The average Bonchev–Trinajstić information content (AvgIpc) is 3.41. The standard InChI is InChI=1S/C20H20N4O2S/c1-23-8-2-5-14(23)15-6-3-9-24(15)11-17-21-19(25)18-13(12-27-20(18)22-17)16-7-4-10-26-16/h2,4-5,7-8,10,12,15H,3,6,9,11H2,1H3,(H,21,22,25)/p+1/t15-/m0/s1. The molecule has 6 nitrogen and oxygen atoms in total. The molecule has 4 aromatic heterocycles. The van der Waals surface area contributed by atoms with Gasteiger partial charge in [0, 0.05) is 37.0 Å². The lowest BCUT2D eigenvalue weighted by molar-refractivity contribution is -0.933. The fourth-order valence-corrected chi connectivity index (χ4v) is 5.17. The summed E-state index contributed by atoms with van der Waals surface area (Å²) < 4.78 is 7.66. The van der Waals surface area contributed by atoms with E-state index >= 15 is 0 Å². The second-order valence-corrected chi connectivity index (χ2v) is 8.00. The molecule has 5 heterocycles. The topological polar surface area (TPSA) is 68.3 Å². The summed E-state index contributed by atoms with van der Waals surface area (Å²) in [4.78, 5) is 22.8. The van der Waals surface area contributed by atoms with Crippen molar-refractivity contribution in [2.24, 2.45) is 7.05 Å². The van der Waals surface area contributed by atoms with Crippen LogP contribution in [0.25, 0.3) is 21.5 Å². The number of aromatic nitrogens is 3. The van der Waals surface area contributed by atoms with Crippen molar-refractivity contribution in [1.29, 1.82) is 0 Å². The fraction of sp³-hybridized carbons (Fsp3) is 0.300. The lowest BCUT2D eigenvalue weighted by Crippen LogP contribution is -3.09. The molecule has 1 fully saturated rings. The number of furan rings is 1. The van der Waals surface area contributed by atoms with Gasteiger partial charge in [0.15, 0.2) is 5.82 Å². The Hall–Kier alpha value is -2.64. The molecular weight excluding hydrogens is 360 g/mol. The van der Waals surface area contributed by atoms with Crippen molar-refractivity contribution in [2.75, 3.05) is 6.54 Å². The summed E-state index contributed by atoms with van der Waals surface area (Å²) in [6.45, 7) is 1.83. The highest BCUT2D eigenvalue weighted by Crippen LogP contribution is 2.30. The van der Waals surface area contributed by atoms with E-state index in [1.165, 1.54) is 34.8 Å². The third kappa shape index (κ3) is 2.83. The fourth-order valence-electron chi connectivity index (χ4n) is 4.22. The second kappa shape index (κ2) is 6.51. The number of aryl methyl sites for hydroxylation is 1. The van der Waals surface area contributed by atoms with Gasteiger partial charge in [0.2, 0.25) is 0 Å². The highest BCUT2D eigenvalue weighted by atomic mass is 32.1. The number of nitrogens with zero attached hydrogens (tertiary/aromatic N) is 2. The first-order valence-electron chi connectivity index (χ1n) is 9.21. The van der Waals surface area contributed by atoms with E-state index in [2.05, 4.69) is 34.9 Å². The van der Waals surface area contributed by atoms with Crippen LogP contribution in [0, 0.1) is 0 Å². The van der Waals surface area contributed by atoms with E-state index in [0.717, 1.165) is 29.3 Å². The number of likely N-dealkylation sites (tertiary alicyclic amines) is 1.